The van der Waals surface area contributed by atoms with E-state index in [0.717, 1.165) is 31.0 Å². The second-order valence-electron chi connectivity index (χ2n) is 6.07. The van der Waals surface area contributed by atoms with Gasteiger partial charge in [-0.05, 0) is 30.0 Å². The molecule has 0 saturated heterocycles. The zero-order chi connectivity index (χ0) is 15.8. The molecule has 1 aromatic rings. The van der Waals surface area contributed by atoms with Crippen molar-refractivity contribution in [3.8, 4) is 12.3 Å². The van der Waals surface area contributed by atoms with E-state index in [2.05, 4.69) is 62.9 Å². The molecule has 1 N–H and O–H groups in total. The summed E-state index contributed by atoms with van der Waals surface area (Å²) >= 11 is 0. The fourth-order valence-corrected chi connectivity index (χ4v) is 2.13. The van der Waals surface area contributed by atoms with Crippen molar-refractivity contribution in [3.05, 3.63) is 23.4 Å². The Balaban J connectivity index is 3.08. The van der Waals surface area contributed by atoms with Gasteiger partial charge in [-0.1, -0.05) is 40.5 Å². The summed E-state index contributed by atoms with van der Waals surface area (Å²) in [5.41, 5.74) is 2.40. The van der Waals surface area contributed by atoms with E-state index in [0.29, 0.717) is 18.5 Å². The Morgan fingerprint density at radius 1 is 1.29 bits per heavy atom. The molecule has 0 aliphatic carbocycles. The van der Waals surface area contributed by atoms with E-state index in [1.165, 1.54) is 5.56 Å². The first kappa shape index (κ1) is 17.5. The third kappa shape index (κ3) is 5.77. The fourth-order valence-electron chi connectivity index (χ4n) is 2.13. The molecular weight excluding hydrogens is 258 g/mol. The van der Waals surface area contributed by atoms with Crippen molar-refractivity contribution in [3.63, 3.8) is 0 Å². The molecule has 1 aromatic heterocycles. The molecular formula is C18H29N3. The van der Waals surface area contributed by atoms with Gasteiger partial charge in [0, 0.05) is 24.8 Å². The number of pyridine rings is 1. The largest absolute Gasteiger partial charge is 0.345 e. The quantitative estimate of drug-likeness (QED) is 0.741. The van der Waals surface area contributed by atoms with Crippen LogP contribution < -0.4 is 10.2 Å². The van der Waals surface area contributed by atoms with Crippen molar-refractivity contribution >= 4 is 5.82 Å². The number of rotatable bonds is 8. The molecule has 21 heavy (non-hydrogen) atoms. The molecule has 3 nitrogen and oxygen atoms in total. The van der Waals surface area contributed by atoms with Crippen molar-refractivity contribution in [2.75, 3.05) is 18.0 Å². The van der Waals surface area contributed by atoms with E-state index >= 15 is 0 Å². The van der Waals surface area contributed by atoms with E-state index in [4.69, 9.17) is 11.4 Å². The van der Waals surface area contributed by atoms with Crippen molar-refractivity contribution in [1.82, 2.24) is 10.3 Å². The Hall–Kier alpha value is -1.53. The molecule has 0 atom stereocenters. The van der Waals surface area contributed by atoms with Crippen molar-refractivity contribution < 1.29 is 0 Å². The zero-order valence-electron chi connectivity index (χ0n) is 14.1. The van der Waals surface area contributed by atoms with Gasteiger partial charge >= 0.3 is 0 Å². The first-order valence-electron chi connectivity index (χ1n) is 7.90. The van der Waals surface area contributed by atoms with Crippen LogP contribution in [0.15, 0.2) is 12.1 Å². The molecule has 0 amide bonds. The predicted molar refractivity (Wildman–Crippen MR) is 91.6 cm³/mol. The lowest BCUT2D eigenvalue weighted by atomic mass is 10.1. The van der Waals surface area contributed by atoms with Gasteiger partial charge in [-0.3, -0.25) is 0 Å². The first-order valence-corrected chi connectivity index (χ1v) is 7.90. The minimum absolute atomic E-state index is 0.414. The van der Waals surface area contributed by atoms with Gasteiger partial charge in [0.25, 0.3) is 0 Å². The Morgan fingerprint density at radius 2 is 2.00 bits per heavy atom. The molecule has 0 spiro atoms. The van der Waals surface area contributed by atoms with E-state index in [1.54, 1.807) is 0 Å². The SMILES string of the molecule is C#CCN(CCC)c1cc(CNC(C)C)cc(C(C)C)n1. The second kappa shape index (κ2) is 8.69. The Kier molecular flexibility index (Phi) is 7.25. The van der Waals surface area contributed by atoms with Gasteiger partial charge in [-0.2, -0.15) is 0 Å². The molecule has 116 valence electrons. The number of anilines is 1. The highest BCUT2D eigenvalue weighted by Crippen LogP contribution is 2.20. The molecule has 0 aliphatic rings. The molecule has 0 radical (unpaired) electrons. The van der Waals surface area contributed by atoms with Gasteiger partial charge in [0.2, 0.25) is 0 Å². The Morgan fingerprint density at radius 3 is 2.52 bits per heavy atom. The van der Waals surface area contributed by atoms with Crippen molar-refractivity contribution in [1.29, 1.82) is 0 Å². The van der Waals surface area contributed by atoms with Crippen LogP contribution >= 0.6 is 0 Å². The van der Waals surface area contributed by atoms with Crippen LogP contribution in [0.1, 0.15) is 58.2 Å². The molecule has 0 unspecified atom stereocenters. The van der Waals surface area contributed by atoms with Crippen LogP contribution in [0.5, 0.6) is 0 Å². The fraction of sp³-hybridized carbons (Fsp3) is 0.611. The maximum atomic E-state index is 5.50. The van der Waals surface area contributed by atoms with Crippen molar-refractivity contribution in [2.24, 2.45) is 0 Å². The summed E-state index contributed by atoms with van der Waals surface area (Å²) in [6.45, 7) is 13.3. The number of terminal acetylenes is 1. The van der Waals surface area contributed by atoms with E-state index in [-0.39, 0.29) is 0 Å². The maximum Gasteiger partial charge on any atom is 0.129 e. The topological polar surface area (TPSA) is 28.2 Å². The van der Waals surface area contributed by atoms with Gasteiger partial charge in [-0.15, -0.1) is 6.42 Å². The third-order valence-corrected chi connectivity index (χ3v) is 3.30. The highest BCUT2D eigenvalue weighted by Gasteiger charge is 2.11. The molecule has 1 rings (SSSR count). The zero-order valence-corrected chi connectivity index (χ0v) is 14.1. The number of nitrogens with one attached hydrogen (secondary N) is 1. The van der Waals surface area contributed by atoms with E-state index in [1.807, 2.05) is 0 Å². The summed E-state index contributed by atoms with van der Waals surface area (Å²) in [6, 6.07) is 4.83. The second-order valence-corrected chi connectivity index (χ2v) is 6.07. The van der Waals surface area contributed by atoms with Crippen LogP contribution in [-0.2, 0) is 6.54 Å². The van der Waals surface area contributed by atoms with Gasteiger partial charge in [0.05, 0.1) is 6.54 Å². The smallest absolute Gasteiger partial charge is 0.129 e. The van der Waals surface area contributed by atoms with Crippen LogP contribution in [0.3, 0.4) is 0 Å². The molecule has 0 bridgehead atoms. The van der Waals surface area contributed by atoms with Crippen LogP contribution in [0.25, 0.3) is 0 Å². The average Bonchev–Trinajstić information content (AvgIpc) is 2.44. The minimum atomic E-state index is 0.414. The monoisotopic (exact) mass is 287 g/mol. The highest BCUT2D eigenvalue weighted by atomic mass is 15.2. The molecule has 0 fully saturated rings. The van der Waals surface area contributed by atoms with Gasteiger partial charge in [0.15, 0.2) is 0 Å². The maximum absolute atomic E-state index is 5.50. The number of nitrogens with zero attached hydrogens (tertiary/aromatic N) is 2. The summed E-state index contributed by atoms with van der Waals surface area (Å²) in [7, 11) is 0. The summed E-state index contributed by atoms with van der Waals surface area (Å²) in [4.78, 5) is 6.99. The highest BCUT2D eigenvalue weighted by molar-refractivity contribution is 5.44. The molecule has 1 heterocycles. The summed E-state index contributed by atoms with van der Waals surface area (Å²) in [6.07, 6.45) is 6.56. The van der Waals surface area contributed by atoms with E-state index < -0.39 is 0 Å². The molecule has 3 heteroatoms. The predicted octanol–water partition coefficient (Wildman–Crippen LogP) is 3.55. The normalized spacial score (nSPS) is 11.0. The van der Waals surface area contributed by atoms with Crippen LogP contribution in [-0.4, -0.2) is 24.1 Å². The molecule has 0 aliphatic heterocycles. The summed E-state index contributed by atoms with van der Waals surface area (Å²) in [5.74, 6) is 4.16. The minimum Gasteiger partial charge on any atom is -0.345 e. The van der Waals surface area contributed by atoms with Crippen LogP contribution in [0.2, 0.25) is 0 Å². The first-order chi connectivity index (χ1) is 9.97. The Bertz CT molecular complexity index is 472. The average molecular weight is 287 g/mol. The number of hydrogen-bond donors (Lipinski definition) is 1. The van der Waals surface area contributed by atoms with Gasteiger partial charge < -0.3 is 10.2 Å². The standard InChI is InChI=1S/C18H29N3/c1-7-9-21(10-8-2)18-12-16(13-19-15(5)6)11-17(20-18)14(3)4/h1,11-12,14-15,19H,8-10,13H2,2-6H3. The molecule has 0 saturated carbocycles. The lowest BCUT2D eigenvalue weighted by Gasteiger charge is -2.23. The lowest BCUT2D eigenvalue weighted by Crippen LogP contribution is -2.27. The number of aromatic nitrogens is 1. The van der Waals surface area contributed by atoms with Crippen LogP contribution in [0.4, 0.5) is 5.82 Å². The summed E-state index contributed by atoms with van der Waals surface area (Å²) in [5, 5.41) is 3.47. The lowest BCUT2D eigenvalue weighted by molar-refractivity contribution is 0.587. The van der Waals surface area contributed by atoms with Crippen LogP contribution in [0, 0.1) is 12.3 Å². The molecule has 0 aromatic carbocycles. The van der Waals surface area contributed by atoms with Gasteiger partial charge in [-0.25, -0.2) is 4.98 Å². The summed E-state index contributed by atoms with van der Waals surface area (Å²) < 4.78 is 0. The van der Waals surface area contributed by atoms with Crippen molar-refractivity contribution in [2.45, 2.75) is 59.5 Å². The van der Waals surface area contributed by atoms with Gasteiger partial charge in [0.1, 0.15) is 5.82 Å². The third-order valence-electron chi connectivity index (χ3n) is 3.30. The Labute approximate surface area is 130 Å². The number of hydrogen-bond acceptors (Lipinski definition) is 3. The van der Waals surface area contributed by atoms with E-state index in [9.17, 15) is 0 Å².